The Hall–Kier alpha value is -2.67. The van der Waals surface area contributed by atoms with Crippen molar-refractivity contribution in [1.82, 2.24) is 24.1 Å². The van der Waals surface area contributed by atoms with E-state index in [2.05, 4.69) is 38.5 Å². The first kappa shape index (κ1) is 16.8. The van der Waals surface area contributed by atoms with Gasteiger partial charge in [-0.1, -0.05) is 0 Å². The molecule has 4 aromatic heterocycles. The van der Waals surface area contributed by atoms with E-state index < -0.39 is 0 Å². The average molecular weight is 367 g/mol. The Balaban J connectivity index is 1.58. The number of hydrogen-bond acceptors (Lipinski definition) is 5. The number of ether oxygens (including phenoxy) is 1. The van der Waals surface area contributed by atoms with Crippen molar-refractivity contribution in [1.29, 1.82) is 0 Å². The third-order valence-corrected chi connectivity index (χ3v) is 5.44. The zero-order valence-electron chi connectivity index (χ0n) is 15.4. The van der Waals surface area contributed by atoms with Crippen molar-refractivity contribution in [2.45, 2.75) is 26.7 Å². The summed E-state index contributed by atoms with van der Waals surface area (Å²) < 4.78 is 9.33. The number of thiophene rings is 1. The predicted molar refractivity (Wildman–Crippen MR) is 103 cm³/mol. The molecule has 0 aliphatic carbocycles. The van der Waals surface area contributed by atoms with Crippen molar-refractivity contribution in [3.05, 3.63) is 52.0 Å². The van der Waals surface area contributed by atoms with Gasteiger partial charge >= 0.3 is 0 Å². The fraction of sp³-hybridized carbons (Fsp3) is 0.316. The molecule has 0 spiro atoms. The molecular weight excluding hydrogens is 346 g/mol. The summed E-state index contributed by atoms with van der Waals surface area (Å²) in [6.45, 7) is 4.13. The van der Waals surface area contributed by atoms with E-state index in [1.54, 1.807) is 18.4 Å². The Kier molecular flexibility index (Phi) is 4.24. The molecule has 4 aromatic rings. The first-order chi connectivity index (χ1) is 12.6. The quantitative estimate of drug-likeness (QED) is 0.541. The van der Waals surface area contributed by atoms with Crippen LogP contribution in [-0.2, 0) is 19.9 Å². The molecule has 0 radical (unpaired) electrons. The molecule has 0 N–H and O–H groups in total. The summed E-state index contributed by atoms with van der Waals surface area (Å²) in [6.07, 6.45) is 3.61. The van der Waals surface area contributed by atoms with Crippen LogP contribution in [0.4, 0.5) is 0 Å². The summed E-state index contributed by atoms with van der Waals surface area (Å²) in [7, 11) is 3.69. The van der Waals surface area contributed by atoms with Crippen LogP contribution in [0.25, 0.3) is 16.9 Å². The Bertz CT molecular complexity index is 1080. The van der Waals surface area contributed by atoms with Gasteiger partial charge in [0.2, 0.25) is 0 Å². The summed E-state index contributed by atoms with van der Waals surface area (Å²) in [4.78, 5) is 9.47. The number of pyridine rings is 1. The largest absolute Gasteiger partial charge is 0.493 e. The number of rotatable bonds is 5. The average Bonchev–Trinajstić information content (AvgIpc) is 3.32. The van der Waals surface area contributed by atoms with Crippen molar-refractivity contribution in [2.24, 2.45) is 7.05 Å². The minimum absolute atomic E-state index is 0.733. The third-order valence-electron chi connectivity index (χ3n) is 4.58. The fourth-order valence-corrected chi connectivity index (χ4v) is 3.92. The molecule has 0 aromatic carbocycles. The second-order valence-corrected chi connectivity index (χ2v) is 7.17. The van der Waals surface area contributed by atoms with Gasteiger partial charge in [-0.15, -0.1) is 0 Å². The van der Waals surface area contributed by atoms with Gasteiger partial charge in [0, 0.05) is 42.7 Å². The van der Waals surface area contributed by atoms with E-state index in [9.17, 15) is 0 Å². The summed E-state index contributed by atoms with van der Waals surface area (Å²) in [5, 5.41) is 8.93. The van der Waals surface area contributed by atoms with Crippen molar-refractivity contribution in [3.63, 3.8) is 0 Å². The van der Waals surface area contributed by atoms with E-state index in [4.69, 9.17) is 9.72 Å². The summed E-state index contributed by atoms with van der Waals surface area (Å²) in [6, 6.07) is 3.91. The van der Waals surface area contributed by atoms with Crippen molar-refractivity contribution in [2.75, 3.05) is 7.11 Å². The van der Waals surface area contributed by atoms with Crippen LogP contribution in [0.2, 0.25) is 0 Å². The smallest absolute Gasteiger partial charge is 0.198 e. The highest BCUT2D eigenvalue weighted by molar-refractivity contribution is 7.08. The molecule has 26 heavy (non-hydrogen) atoms. The second-order valence-electron chi connectivity index (χ2n) is 6.43. The molecule has 4 rings (SSSR count). The van der Waals surface area contributed by atoms with E-state index in [0.717, 1.165) is 47.3 Å². The van der Waals surface area contributed by atoms with Gasteiger partial charge in [0.05, 0.1) is 12.8 Å². The van der Waals surface area contributed by atoms with Gasteiger partial charge in [0.1, 0.15) is 5.82 Å². The Morgan fingerprint density at radius 2 is 1.96 bits per heavy atom. The highest BCUT2D eigenvalue weighted by Crippen LogP contribution is 2.26. The van der Waals surface area contributed by atoms with E-state index in [1.165, 1.54) is 11.1 Å². The fourth-order valence-electron chi connectivity index (χ4n) is 3.08. The van der Waals surface area contributed by atoms with Gasteiger partial charge in [-0.3, -0.25) is 0 Å². The number of hydrogen-bond donors (Lipinski definition) is 0. The summed E-state index contributed by atoms with van der Waals surface area (Å²) >= 11 is 1.71. The molecule has 0 amide bonds. The van der Waals surface area contributed by atoms with Crippen molar-refractivity contribution in [3.8, 4) is 17.0 Å². The highest BCUT2D eigenvalue weighted by atomic mass is 32.1. The van der Waals surface area contributed by atoms with Crippen LogP contribution in [0.3, 0.4) is 0 Å². The van der Waals surface area contributed by atoms with Crippen LogP contribution in [0, 0.1) is 13.8 Å². The first-order valence-electron chi connectivity index (χ1n) is 8.51. The van der Waals surface area contributed by atoms with Crippen molar-refractivity contribution < 1.29 is 4.74 Å². The predicted octanol–water partition coefficient (Wildman–Crippen LogP) is 3.60. The molecule has 0 bridgehead atoms. The lowest BCUT2D eigenvalue weighted by Crippen LogP contribution is -2.01. The van der Waals surface area contributed by atoms with Crippen LogP contribution in [-0.4, -0.2) is 31.3 Å². The molecule has 134 valence electrons. The lowest BCUT2D eigenvalue weighted by atomic mass is 10.2. The summed E-state index contributed by atoms with van der Waals surface area (Å²) in [5.74, 6) is 2.57. The van der Waals surface area contributed by atoms with Gasteiger partial charge in [-0.2, -0.15) is 16.4 Å². The highest BCUT2D eigenvalue weighted by Gasteiger charge is 2.13. The van der Waals surface area contributed by atoms with E-state index in [1.807, 2.05) is 30.6 Å². The number of fused-ring (bicyclic) bond motifs is 1. The van der Waals surface area contributed by atoms with Gasteiger partial charge in [0.25, 0.3) is 0 Å². The molecular formula is C19H21N5OS. The van der Waals surface area contributed by atoms with Gasteiger partial charge < -0.3 is 9.30 Å². The maximum Gasteiger partial charge on any atom is 0.198 e. The molecule has 6 nitrogen and oxygen atoms in total. The SMILES string of the molecule is COc1ccc(C)n2nc(CCc3nc(-c4cscc4C)cn3C)nc12. The Morgan fingerprint density at radius 3 is 2.69 bits per heavy atom. The standard InChI is InChI=1S/C19H21N5OS/c1-12-10-26-11-14(12)15-9-23(3)18(20-15)8-7-17-21-19-16(25-4)6-5-13(2)24(19)22-17/h5-6,9-11H,7-8H2,1-4H3. The lowest BCUT2D eigenvalue weighted by Gasteiger charge is -2.02. The topological polar surface area (TPSA) is 57.2 Å². The molecule has 7 heteroatoms. The number of imidazole rings is 1. The molecule has 4 heterocycles. The monoisotopic (exact) mass is 367 g/mol. The zero-order valence-corrected chi connectivity index (χ0v) is 16.2. The first-order valence-corrected chi connectivity index (χ1v) is 9.45. The molecule has 0 aliphatic rings. The lowest BCUT2D eigenvalue weighted by molar-refractivity contribution is 0.416. The maximum atomic E-state index is 5.39. The van der Waals surface area contributed by atoms with Gasteiger partial charge in [-0.05, 0) is 36.9 Å². The van der Waals surface area contributed by atoms with E-state index in [-0.39, 0.29) is 0 Å². The van der Waals surface area contributed by atoms with Gasteiger partial charge in [0.15, 0.2) is 17.2 Å². The molecule has 0 saturated carbocycles. The molecule has 0 saturated heterocycles. The van der Waals surface area contributed by atoms with Crippen molar-refractivity contribution >= 4 is 17.0 Å². The second kappa shape index (κ2) is 6.57. The van der Waals surface area contributed by atoms with Crippen LogP contribution in [0.15, 0.2) is 29.1 Å². The van der Waals surface area contributed by atoms with Crippen LogP contribution in [0.5, 0.6) is 5.75 Å². The van der Waals surface area contributed by atoms with Crippen LogP contribution < -0.4 is 4.74 Å². The number of nitrogens with zero attached hydrogens (tertiary/aromatic N) is 5. The minimum atomic E-state index is 0.733. The minimum Gasteiger partial charge on any atom is -0.493 e. The van der Waals surface area contributed by atoms with Crippen LogP contribution in [0.1, 0.15) is 22.9 Å². The molecule has 0 atom stereocenters. The van der Waals surface area contributed by atoms with E-state index >= 15 is 0 Å². The van der Waals surface area contributed by atoms with Gasteiger partial charge in [-0.25, -0.2) is 14.5 Å². The molecule has 0 fully saturated rings. The number of aromatic nitrogens is 5. The Labute approximate surface area is 156 Å². The number of methoxy groups -OCH3 is 1. The van der Waals surface area contributed by atoms with Crippen LogP contribution >= 0.6 is 11.3 Å². The van der Waals surface area contributed by atoms with E-state index in [0.29, 0.717) is 0 Å². The normalized spacial score (nSPS) is 11.4. The molecule has 0 unspecified atom stereocenters. The maximum absolute atomic E-state index is 5.39. The number of aryl methyl sites for hydroxylation is 5. The summed E-state index contributed by atoms with van der Waals surface area (Å²) in [5.41, 5.74) is 5.30. The Morgan fingerprint density at radius 1 is 1.12 bits per heavy atom. The zero-order chi connectivity index (χ0) is 18.3. The third kappa shape index (κ3) is 2.88. The molecule has 0 aliphatic heterocycles.